The molecule has 0 spiro atoms. The topological polar surface area (TPSA) is 108 Å². The van der Waals surface area contributed by atoms with Gasteiger partial charge in [0.1, 0.15) is 17.4 Å². The van der Waals surface area contributed by atoms with Crippen LogP contribution in [0.3, 0.4) is 0 Å². The smallest absolute Gasteiger partial charge is 0.296 e. The molecule has 33 heavy (non-hydrogen) atoms. The van der Waals surface area contributed by atoms with Crippen molar-refractivity contribution in [1.82, 2.24) is 24.9 Å². The van der Waals surface area contributed by atoms with Crippen LogP contribution in [0.15, 0.2) is 52.1 Å². The summed E-state index contributed by atoms with van der Waals surface area (Å²) in [4.78, 5) is 16.6. The average molecular weight is 472 g/mol. The first-order valence-electron chi connectivity index (χ1n) is 9.78. The van der Waals surface area contributed by atoms with Crippen molar-refractivity contribution < 1.29 is 22.8 Å². The predicted octanol–water partition coefficient (Wildman–Crippen LogP) is 4.03. The summed E-state index contributed by atoms with van der Waals surface area (Å²) in [7, 11) is 1.58. The zero-order valence-electron chi connectivity index (χ0n) is 17.6. The third kappa shape index (κ3) is 5.00. The van der Waals surface area contributed by atoms with Gasteiger partial charge in [0.2, 0.25) is 17.6 Å². The predicted molar refractivity (Wildman–Crippen MR) is 117 cm³/mol. The van der Waals surface area contributed by atoms with E-state index < -0.39 is 17.5 Å². The molecule has 9 nitrogen and oxygen atoms in total. The molecule has 0 aliphatic carbocycles. The highest BCUT2D eigenvalue weighted by Crippen LogP contribution is 2.26. The van der Waals surface area contributed by atoms with Crippen molar-refractivity contribution in [3.8, 4) is 28.9 Å². The van der Waals surface area contributed by atoms with Crippen molar-refractivity contribution in [1.29, 1.82) is 0 Å². The summed E-state index contributed by atoms with van der Waals surface area (Å²) >= 11 is 1.09. The Balaban J connectivity index is 1.46. The Morgan fingerprint density at radius 2 is 1.97 bits per heavy atom. The summed E-state index contributed by atoms with van der Waals surface area (Å²) in [6, 6.07) is 10.0. The molecule has 0 bridgehead atoms. The van der Waals surface area contributed by atoms with Gasteiger partial charge in [-0.2, -0.15) is 4.98 Å². The van der Waals surface area contributed by atoms with Crippen molar-refractivity contribution in [3.05, 3.63) is 54.1 Å². The maximum atomic E-state index is 13.7. The minimum Gasteiger partial charge on any atom is -0.497 e. The minimum atomic E-state index is -0.724. The van der Waals surface area contributed by atoms with Gasteiger partial charge in [-0.1, -0.05) is 16.9 Å². The molecule has 170 valence electrons. The molecule has 0 saturated heterocycles. The van der Waals surface area contributed by atoms with Crippen LogP contribution in [0.4, 0.5) is 14.5 Å². The second-order valence-corrected chi connectivity index (χ2v) is 7.61. The number of hydrogen-bond acceptors (Lipinski definition) is 8. The maximum Gasteiger partial charge on any atom is 0.296 e. The van der Waals surface area contributed by atoms with Crippen molar-refractivity contribution >= 4 is 23.4 Å². The second-order valence-electron chi connectivity index (χ2n) is 6.66. The van der Waals surface area contributed by atoms with Gasteiger partial charge >= 0.3 is 0 Å². The standard InChI is InChI=1S/C21H18F2N6O3S/c1-3-29-19(20-25-18(28-32-20)12-4-7-14(31-2)8-5-12)26-27-21(29)33-11-17(30)24-16-10-13(22)6-9-15(16)23/h4-10H,3,11H2,1-2H3,(H,24,30). The number of nitrogens with zero attached hydrogens (tertiary/aromatic N) is 5. The lowest BCUT2D eigenvalue weighted by Crippen LogP contribution is -2.15. The normalized spacial score (nSPS) is 10.9. The van der Waals surface area contributed by atoms with Crippen LogP contribution in [0.1, 0.15) is 6.92 Å². The molecule has 2 heterocycles. The van der Waals surface area contributed by atoms with E-state index in [1.807, 2.05) is 6.92 Å². The van der Waals surface area contributed by atoms with Crippen molar-refractivity contribution in [2.75, 3.05) is 18.2 Å². The zero-order valence-corrected chi connectivity index (χ0v) is 18.4. The molecule has 0 unspecified atom stereocenters. The summed E-state index contributed by atoms with van der Waals surface area (Å²) in [6.07, 6.45) is 0. The third-order valence-corrected chi connectivity index (χ3v) is 5.50. The lowest BCUT2D eigenvalue weighted by molar-refractivity contribution is -0.113. The van der Waals surface area contributed by atoms with Crippen LogP contribution in [0, 0.1) is 11.6 Å². The van der Waals surface area contributed by atoms with E-state index in [2.05, 4.69) is 25.7 Å². The van der Waals surface area contributed by atoms with Crippen LogP contribution in [0.2, 0.25) is 0 Å². The highest BCUT2D eigenvalue weighted by Gasteiger charge is 2.20. The van der Waals surface area contributed by atoms with Crippen LogP contribution >= 0.6 is 11.8 Å². The number of thioether (sulfide) groups is 1. The Morgan fingerprint density at radius 3 is 2.70 bits per heavy atom. The Morgan fingerprint density at radius 1 is 1.18 bits per heavy atom. The fourth-order valence-corrected chi connectivity index (χ4v) is 3.72. The summed E-state index contributed by atoms with van der Waals surface area (Å²) in [5, 5.41) is 15.0. The van der Waals surface area contributed by atoms with Gasteiger partial charge in [-0.3, -0.25) is 9.36 Å². The minimum absolute atomic E-state index is 0.0883. The number of hydrogen-bond donors (Lipinski definition) is 1. The molecule has 0 aliphatic rings. The van der Waals surface area contributed by atoms with Gasteiger partial charge in [-0.25, -0.2) is 8.78 Å². The number of carbonyl (C=O) groups is 1. The third-order valence-electron chi connectivity index (χ3n) is 4.53. The molecule has 0 aliphatic heterocycles. The lowest BCUT2D eigenvalue weighted by Gasteiger charge is -2.07. The van der Waals surface area contributed by atoms with E-state index in [1.54, 1.807) is 35.9 Å². The van der Waals surface area contributed by atoms with Crippen LogP contribution in [-0.4, -0.2) is 43.7 Å². The number of rotatable bonds is 8. The number of carbonyl (C=O) groups excluding carboxylic acids is 1. The Hall–Kier alpha value is -3.80. The SMILES string of the molecule is CCn1c(SCC(=O)Nc2cc(F)ccc2F)nnc1-c1nc(-c2ccc(OC)cc2)no1. The number of ether oxygens (including phenoxy) is 1. The molecule has 4 aromatic rings. The van der Waals surface area contributed by atoms with E-state index in [9.17, 15) is 13.6 Å². The number of nitrogens with one attached hydrogen (secondary N) is 1. The zero-order chi connectivity index (χ0) is 23.4. The van der Waals surface area contributed by atoms with Crippen LogP contribution < -0.4 is 10.1 Å². The Labute approximate surface area is 191 Å². The lowest BCUT2D eigenvalue weighted by atomic mass is 10.2. The Kier molecular flexibility index (Phi) is 6.63. The first-order valence-corrected chi connectivity index (χ1v) is 10.8. The number of aromatic nitrogens is 5. The van der Waals surface area contributed by atoms with Gasteiger partial charge in [-0.15, -0.1) is 10.2 Å². The summed E-state index contributed by atoms with van der Waals surface area (Å²) < 4.78 is 39.2. The van der Waals surface area contributed by atoms with E-state index in [4.69, 9.17) is 9.26 Å². The van der Waals surface area contributed by atoms with E-state index in [0.717, 1.165) is 35.5 Å². The van der Waals surface area contributed by atoms with Gasteiger partial charge in [0.25, 0.3) is 5.89 Å². The van der Waals surface area contributed by atoms with E-state index in [-0.39, 0.29) is 17.3 Å². The highest BCUT2D eigenvalue weighted by atomic mass is 32.2. The molecule has 0 atom stereocenters. The van der Waals surface area contributed by atoms with Gasteiger partial charge < -0.3 is 14.6 Å². The monoisotopic (exact) mass is 472 g/mol. The summed E-state index contributed by atoms with van der Waals surface area (Å²) in [5.41, 5.74) is 0.513. The molecule has 0 fully saturated rings. The molecule has 0 radical (unpaired) electrons. The molecular formula is C21H18F2N6O3S. The van der Waals surface area contributed by atoms with E-state index >= 15 is 0 Å². The number of benzene rings is 2. The highest BCUT2D eigenvalue weighted by molar-refractivity contribution is 7.99. The molecule has 1 amide bonds. The fraction of sp³-hybridized carbons (Fsp3) is 0.190. The van der Waals surface area contributed by atoms with Gasteiger partial charge in [-0.05, 0) is 43.3 Å². The first kappa shape index (κ1) is 22.4. The maximum absolute atomic E-state index is 13.7. The Bertz CT molecular complexity index is 1280. The number of methoxy groups -OCH3 is 1. The van der Waals surface area contributed by atoms with Crippen LogP contribution in [-0.2, 0) is 11.3 Å². The van der Waals surface area contributed by atoms with Gasteiger partial charge in [0, 0.05) is 18.2 Å². The average Bonchev–Trinajstić information content (AvgIpc) is 3.47. The molecule has 1 N–H and O–H groups in total. The molecule has 2 aromatic carbocycles. The molecule has 0 saturated carbocycles. The summed E-state index contributed by atoms with van der Waals surface area (Å²) in [6.45, 7) is 2.35. The molecule has 2 aromatic heterocycles. The van der Waals surface area contributed by atoms with E-state index in [0.29, 0.717) is 29.1 Å². The van der Waals surface area contributed by atoms with Crippen molar-refractivity contribution in [2.45, 2.75) is 18.6 Å². The summed E-state index contributed by atoms with van der Waals surface area (Å²) in [5.74, 6) is -0.368. The number of halogens is 2. The van der Waals surface area contributed by atoms with Gasteiger partial charge in [0.05, 0.1) is 18.6 Å². The quantitative estimate of drug-likeness (QED) is 0.383. The van der Waals surface area contributed by atoms with Crippen molar-refractivity contribution in [3.63, 3.8) is 0 Å². The largest absolute Gasteiger partial charge is 0.497 e. The van der Waals surface area contributed by atoms with Gasteiger partial charge in [0.15, 0.2) is 5.16 Å². The van der Waals surface area contributed by atoms with Crippen LogP contribution in [0.5, 0.6) is 5.75 Å². The van der Waals surface area contributed by atoms with Crippen molar-refractivity contribution in [2.24, 2.45) is 0 Å². The molecule has 4 rings (SSSR count). The first-order chi connectivity index (χ1) is 16.0. The number of amides is 1. The molecular weight excluding hydrogens is 454 g/mol. The number of anilines is 1. The van der Waals surface area contributed by atoms with Crippen LogP contribution in [0.25, 0.3) is 23.1 Å². The van der Waals surface area contributed by atoms with E-state index in [1.165, 1.54) is 0 Å². The fourth-order valence-electron chi connectivity index (χ4n) is 2.92. The molecule has 12 heteroatoms. The second kappa shape index (κ2) is 9.77.